The van der Waals surface area contributed by atoms with E-state index in [2.05, 4.69) is 4.98 Å². The molecule has 0 aliphatic heterocycles. The predicted molar refractivity (Wildman–Crippen MR) is 76.7 cm³/mol. The van der Waals surface area contributed by atoms with Gasteiger partial charge in [0.25, 0.3) is 0 Å². The summed E-state index contributed by atoms with van der Waals surface area (Å²) in [6.45, 7) is 0. The molecule has 0 N–H and O–H groups in total. The van der Waals surface area contributed by atoms with Gasteiger partial charge in [-0.1, -0.05) is 18.2 Å². The van der Waals surface area contributed by atoms with Gasteiger partial charge >= 0.3 is 0 Å². The van der Waals surface area contributed by atoms with Gasteiger partial charge in [-0.05, 0) is 24.3 Å². The molecule has 3 heterocycles. The number of aromatic nitrogens is 2. The van der Waals surface area contributed by atoms with Crippen LogP contribution < -0.4 is 5.43 Å². The van der Waals surface area contributed by atoms with Crippen molar-refractivity contribution in [3.63, 3.8) is 0 Å². The third-order valence-electron chi connectivity index (χ3n) is 3.37. The number of nitrogens with zero attached hydrogens (tertiary/aromatic N) is 2. The first kappa shape index (κ1) is 11.0. The Balaban J connectivity index is 2.08. The third-order valence-corrected chi connectivity index (χ3v) is 3.37. The highest BCUT2D eigenvalue weighted by Gasteiger charge is 2.12. The molecule has 4 aromatic rings. The molecule has 4 heteroatoms. The number of imidazole rings is 1. The van der Waals surface area contributed by atoms with E-state index in [4.69, 9.17) is 4.42 Å². The van der Waals surface area contributed by atoms with Crippen molar-refractivity contribution in [2.45, 2.75) is 0 Å². The van der Waals surface area contributed by atoms with Crippen LogP contribution in [0.1, 0.15) is 0 Å². The second kappa shape index (κ2) is 4.06. The number of para-hydroxylation sites is 1. The van der Waals surface area contributed by atoms with Crippen molar-refractivity contribution in [3.8, 4) is 11.3 Å². The van der Waals surface area contributed by atoms with E-state index in [1.807, 2.05) is 40.9 Å². The lowest BCUT2D eigenvalue weighted by Crippen LogP contribution is -2.05. The van der Waals surface area contributed by atoms with Gasteiger partial charge in [-0.15, -0.1) is 0 Å². The van der Waals surface area contributed by atoms with E-state index in [-0.39, 0.29) is 5.43 Å². The molecule has 0 aliphatic carbocycles. The average molecular weight is 262 g/mol. The summed E-state index contributed by atoms with van der Waals surface area (Å²) in [5.74, 6) is 0. The number of benzene rings is 1. The van der Waals surface area contributed by atoms with Gasteiger partial charge in [0.2, 0.25) is 5.43 Å². The molecule has 0 aliphatic rings. The van der Waals surface area contributed by atoms with Gasteiger partial charge in [0, 0.05) is 6.20 Å². The van der Waals surface area contributed by atoms with E-state index in [1.54, 1.807) is 18.3 Å². The van der Waals surface area contributed by atoms with E-state index in [1.165, 1.54) is 6.26 Å². The maximum Gasteiger partial charge on any atom is 0.202 e. The quantitative estimate of drug-likeness (QED) is 0.529. The lowest BCUT2D eigenvalue weighted by Gasteiger charge is -2.02. The lowest BCUT2D eigenvalue weighted by molar-refractivity contribution is 0.604. The summed E-state index contributed by atoms with van der Waals surface area (Å²) in [6.07, 6.45) is 5.07. The molecule has 0 radical (unpaired) electrons. The van der Waals surface area contributed by atoms with E-state index in [0.29, 0.717) is 16.5 Å². The molecule has 0 bridgehead atoms. The molecule has 0 saturated carbocycles. The summed E-state index contributed by atoms with van der Waals surface area (Å²) in [5, 5.41) is 0.580. The zero-order valence-corrected chi connectivity index (χ0v) is 10.5. The number of rotatable bonds is 1. The standard InChI is InChI=1S/C16H10N2O2/c19-16-11-5-1-2-6-14(11)20-10-12(16)13-9-17-15-7-3-4-8-18(13)15/h1-10H. The second-order valence-corrected chi connectivity index (χ2v) is 4.55. The van der Waals surface area contributed by atoms with Gasteiger partial charge < -0.3 is 4.42 Å². The molecule has 0 unspecified atom stereocenters. The zero-order chi connectivity index (χ0) is 13.5. The zero-order valence-electron chi connectivity index (χ0n) is 10.5. The molecule has 0 atom stereocenters. The average Bonchev–Trinajstić information content (AvgIpc) is 2.92. The van der Waals surface area contributed by atoms with Crippen LogP contribution in [0.3, 0.4) is 0 Å². The van der Waals surface area contributed by atoms with Gasteiger partial charge in [0.05, 0.1) is 22.8 Å². The van der Waals surface area contributed by atoms with Gasteiger partial charge in [0.1, 0.15) is 17.5 Å². The minimum Gasteiger partial charge on any atom is -0.463 e. The van der Waals surface area contributed by atoms with Crippen LogP contribution in [0.15, 0.2) is 70.3 Å². The second-order valence-electron chi connectivity index (χ2n) is 4.55. The summed E-state index contributed by atoms with van der Waals surface area (Å²) >= 11 is 0. The van der Waals surface area contributed by atoms with Crippen LogP contribution in [0.25, 0.3) is 27.9 Å². The number of fused-ring (bicyclic) bond motifs is 2. The number of hydrogen-bond acceptors (Lipinski definition) is 3. The van der Waals surface area contributed by atoms with Crippen LogP contribution in [-0.2, 0) is 0 Å². The van der Waals surface area contributed by atoms with Crippen LogP contribution in [-0.4, -0.2) is 9.38 Å². The minimum absolute atomic E-state index is 0.0440. The highest BCUT2D eigenvalue weighted by molar-refractivity contribution is 5.81. The fourth-order valence-electron chi connectivity index (χ4n) is 2.39. The summed E-state index contributed by atoms with van der Waals surface area (Å²) in [4.78, 5) is 16.9. The van der Waals surface area contributed by atoms with Crippen molar-refractivity contribution in [3.05, 3.63) is 71.3 Å². The van der Waals surface area contributed by atoms with Crippen molar-refractivity contribution in [1.29, 1.82) is 0 Å². The van der Waals surface area contributed by atoms with Gasteiger partial charge in [-0.3, -0.25) is 9.20 Å². The fraction of sp³-hybridized carbons (Fsp3) is 0. The van der Waals surface area contributed by atoms with Crippen molar-refractivity contribution >= 4 is 16.6 Å². The molecule has 4 rings (SSSR count). The molecule has 0 fully saturated rings. The third kappa shape index (κ3) is 1.48. The van der Waals surface area contributed by atoms with E-state index in [0.717, 1.165) is 11.3 Å². The Bertz CT molecular complexity index is 982. The Morgan fingerprint density at radius 1 is 1.05 bits per heavy atom. The minimum atomic E-state index is -0.0440. The largest absolute Gasteiger partial charge is 0.463 e. The van der Waals surface area contributed by atoms with Crippen LogP contribution in [0, 0.1) is 0 Å². The Labute approximate surface area is 113 Å². The molecular formula is C16H10N2O2. The predicted octanol–water partition coefficient (Wildman–Crippen LogP) is 3.11. The highest BCUT2D eigenvalue weighted by atomic mass is 16.3. The van der Waals surface area contributed by atoms with Gasteiger partial charge in [-0.2, -0.15) is 0 Å². The van der Waals surface area contributed by atoms with Crippen LogP contribution in [0.4, 0.5) is 0 Å². The van der Waals surface area contributed by atoms with E-state index < -0.39 is 0 Å². The topological polar surface area (TPSA) is 47.5 Å². The summed E-state index contributed by atoms with van der Waals surface area (Å²) < 4.78 is 7.43. The molecular weight excluding hydrogens is 252 g/mol. The van der Waals surface area contributed by atoms with Crippen molar-refractivity contribution in [2.24, 2.45) is 0 Å². The van der Waals surface area contributed by atoms with Crippen molar-refractivity contribution in [2.75, 3.05) is 0 Å². The summed E-state index contributed by atoms with van der Waals surface area (Å²) in [5.41, 5.74) is 2.60. The van der Waals surface area contributed by atoms with Crippen LogP contribution >= 0.6 is 0 Å². The molecule has 96 valence electrons. The summed E-state index contributed by atoms with van der Waals surface area (Å²) in [7, 11) is 0. The maximum atomic E-state index is 12.6. The van der Waals surface area contributed by atoms with Gasteiger partial charge in [0.15, 0.2) is 0 Å². The van der Waals surface area contributed by atoms with E-state index >= 15 is 0 Å². The summed E-state index contributed by atoms with van der Waals surface area (Å²) in [6, 6.07) is 12.9. The molecule has 1 aromatic carbocycles. The SMILES string of the molecule is O=c1c(-c2cnc3ccccn23)coc2ccccc12. The first-order chi connectivity index (χ1) is 9.84. The Morgan fingerprint density at radius 2 is 1.90 bits per heavy atom. The Kier molecular flexibility index (Phi) is 2.23. The number of pyridine rings is 1. The van der Waals surface area contributed by atoms with Crippen LogP contribution in [0.5, 0.6) is 0 Å². The number of hydrogen-bond donors (Lipinski definition) is 0. The van der Waals surface area contributed by atoms with Gasteiger partial charge in [-0.25, -0.2) is 4.98 Å². The van der Waals surface area contributed by atoms with Crippen molar-refractivity contribution < 1.29 is 4.42 Å². The highest BCUT2D eigenvalue weighted by Crippen LogP contribution is 2.20. The lowest BCUT2D eigenvalue weighted by atomic mass is 10.1. The monoisotopic (exact) mass is 262 g/mol. The first-order valence-corrected chi connectivity index (χ1v) is 6.27. The Morgan fingerprint density at radius 3 is 2.85 bits per heavy atom. The Hall–Kier alpha value is -2.88. The molecule has 0 amide bonds. The molecule has 0 spiro atoms. The molecule has 4 nitrogen and oxygen atoms in total. The molecule has 3 aromatic heterocycles. The molecule has 20 heavy (non-hydrogen) atoms. The smallest absolute Gasteiger partial charge is 0.202 e. The normalized spacial score (nSPS) is 11.2. The molecule has 0 saturated heterocycles. The fourth-order valence-corrected chi connectivity index (χ4v) is 2.39. The maximum absolute atomic E-state index is 12.6. The first-order valence-electron chi connectivity index (χ1n) is 6.27. The van der Waals surface area contributed by atoms with E-state index in [9.17, 15) is 4.79 Å². The van der Waals surface area contributed by atoms with Crippen molar-refractivity contribution in [1.82, 2.24) is 9.38 Å². The van der Waals surface area contributed by atoms with Crippen LogP contribution in [0.2, 0.25) is 0 Å².